The monoisotopic (exact) mass is 170 g/mol. The number of aliphatic hydroxyl groups excluding tert-OH is 1. The number of rotatable bonds is 1. The number of hydrogen-bond acceptors (Lipinski definition) is 2. The molecule has 0 spiro atoms. The molecule has 0 saturated heterocycles. The lowest BCUT2D eigenvalue weighted by molar-refractivity contribution is 0.0187. The average molecular weight is 170 g/mol. The fraction of sp³-hybridized carbons (Fsp3) is 1.00. The molecule has 2 N–H and O–H groups in total. The van der Waals surface area contributed by atoms with E-state index in [9.17, 15) is 10.2 Å². The molecule has 2 rings (SSSR count). The Morgan fingerprint density at radius 3 is 2.08 bits per heavy atom. The van der Waals surface area contributed by atoms with Crippen molar-refractivity contribution >= 4 is 0 Å². The Bertz CT molecular complexity index is 210. The average Bonchev–Trinajstić information content (AvgIpc) is 2.55. The lowest BCUT2D eigenvalue weighted by atomic mass is 9.88. The van der Waals surface area contributed by atoms with E-state index in [-0.39, 0.29) is 11.5 Å². The Balaban J connectivity index is 2.25. The molecule has 0 amide bonds. The second kappa shape index (κ2) is 2.05. The highest BCUT2D eigenvalue weighted by molar-refractivity contribution is 5.21. The highest BCUT2D eigenvalue weighted by atomic mass is 16.3. The second-order valence-corrected chi connectivity index (χ2v) is 5.10. The zero-order chi connectivity index (χ0) is 9.15. The molecule has 2 aliphatic rings. The van der Waals surface area contributed by atoms with Crippen molar-refractivity contribution in [1.29, 1.82) is 0 Å². The summed E-state index contributed by atoms with van der Waals surface area (Å²) in [6.45, 7) is 6.15. The molecule has 2 heteroatoms. The molecule has 2 saturated carbocycles. The van der Waals surface area contributed by atoms with E-state index in [1.807, 2.05) is 6.92 Å². The third-order valence-corrected chi connectivity index (χ3v) is 4.10. The number of hydrogen-bond donors (Lipinski definition) is 2. The molecule has 0 aromatic heterocycles. The zero-order valence-corrected chi connectivity index (χ0v) is 8.04. The summed E-state index contributed by atoms with van der Waals surface area (Å²) < 4.78 is 0. The van der Waals surface area contributed by atoms with Crippen LogP contribution in [-0.2, 0) is 0 Å². The van der Waals surface area contributed by atoms with E-state index in [1.54, 1.807) is 0 Å². The van der Waals surface area contributed by atoms with Gasteiger partial charge in [0, 0.05) is 11.8 Å². The lowest BCUT2D eigenvalue weighted by Crippen LogP contribution is -2.26. The Kier molecular flexibility index (Phi) is 1.45. The third-order valence-electron chi connectivity index (χ3n) is 4.10. The minimum absolute atomic E-state index is 0.0590. The van der Waals surface area contributed by atoms with Crippen molar-refractivity contribution in [2.75, 3.05) is 0 Å². The standard InChI is InChI=1S/C10H18O2/c1-6(2)10-4-7(10)9(3,12)5-8(10)11/h6-8,11-12H,4-5H2,1-3H3. The Morgan fingerprint density at radius 2 is 1.92 bits per heavy atom. The van der Waals surface area contributed by atoms with Crippen LogP contribution in [0.1, 0.15) is 33.6 Å². The van der Waals surface area contributed by atoms with Crippen molar-refractivity contribution in [2.45, 2.75) is 45.3 Å². The summed E-state index contributed by atoms with van der Waals surface area (Å²) in [5, 5.41) is 19.8. The van der Waals surface area contributed by atoms with Crippen LogP contribution in [0, 0.1) is 17.3 Å². The van der Waals surface area contributed by atoms with E-state index < -0.39 is 5.60 Å². The first kappa shape index (κ1) is 8.52. The van der Waals surface area contributed by atoms with Gasteiger partial charge in [0.2, 0.25) is 0 Å². The van der Waals surface area contributed by atoms with E-state index in [0.29, 0.717) is 18.3 Å². The van der Waals surface area contributed by atoms with Gasteiger partial charge in [0.1, 0.15) is 0 Å². The van der Waals surface area contributed by atoms with Crippen LogP contribution in [-0.4, -0.2) is 21.9 Å². The van der Waals surface area contributed by atoms with Crippen molar-refractivity contribution in [3.8, 4) is 0 Å². The van der Waals surface area contributed by atoms with Crippen LogP contribution < -0.4 is 0 Å². The van der Waals surface area contributed by atoms with Crippen molar-refractivity contribution < 1.29 is 10.2 Å². The first-order valence-corrected chi connectivity index (χ1v) is 4.81. The first-order chi connectivity index (χ1) is 5.41. The summed E-state index contributed by atoms with van der Waals surface area (Å²) in [7, 11) is 0. The normalized spacial score (nSPS) is 57.5. The fourth-order valence-electron chi connectivity index (χ4n) is 3.21. The molecule has 4 atom stereocenters. The van der Waals surface area contributed by atoms with E-state index in [4.69, 9.17) is 0 Å². The van der Waals surface area contributed by atoms with Gasteiger partial charge in [-0.3, -0.25) is 0 Å². The largest absolute Gasteiger partial charge is 0.392 e. The van der Waals surface area contributed by atoms with E-state index >= 15 is 0 Å². The predicted molar refractivity (Wildman–Crippen MR) is 46.6 cm³/mol. The molecular weight excluding hydrogens is 152 g/mol. The molecule has 0 aromatic carbocycles. The van der Waals surface area contributed by atoms with Gasteiger partial charge in [-0.05, 0) is 25.2 Å². The molecule has 0 radical (unpaired) electrons. The van der Waals surface area contributed by atoms with Crippen LogP contribution in [0.5, 0.6) is 0 Å². The number of aliphatic hydroxyl groups is 2. The van der Waals surface area contributed by atoms with Gasteiger partial charge < -0.3 is 10.2 Å². The molecule has 70 valence electrons. The molecule has 0 bridgehead atoms. The summed E-state index contributed by atoms with van der Waals surface area (Å²) >= 11 is 0. The fourth-order valence-corrected chi connectivity index (χ4v) is 3.21. The van der Waals surface area contributed by atoms with Crippen LogP contribution in [0.2, 0.25) is 0 Å². The highest BCUT2D eigenvalue weighted by Gasteiger charge is 2.71. The summed E-state index contributed by atoms with van der Waals surface area (Å²) in [6, 6.07) is 0. The van der Waals surface area contributed by atoms with Gasteiger partial charge in [0.25, 0.3) is 0 Å². The summed E-state index contributed by atoms with van der Waals surface area (Å²) in [6.07, 6.45) is 1.30. The SMILES string of the molecule is CC(C)C12CC1C(C)(O)CC2O. The van der Waals surface area contributed by atoms with Crippen molar-refractivity contribution in [1.82, 2.24) is 0 Å². The molecule has 2 fully saturated rings. The van der Waals surface area contributed by atoms with Crippen molar-refractivity contribution in [2.24, 2.45) is 17.3 Å². The Hall–Kier alpha value is -0.0800. The molecule has 0 aromatic rings. The smallest absolute Gasteiger partial charge is 0.0679 e. The summed E-state index contributed by atoms with van der Waals surface area (Å²) in [4.78, 5) is 0. The van der Waals surface area contributed by atoms with E-state index in [0.717, 1.165) is 6.42 Å². The minimum atomic E-state index is -0.607. The maximum absolute atomic E-state index is 9.93. The maximum Gasteiger partial charge on any atom is 0.0679 e. The van der Waals surface area contributed by atoms with Gasteiger partial charge >= 0.3 is 0 Å². The highest BCUT2D eigenvalue weighted by Crippen LogP contribution is 2.70. The van der Waals surface area contributed by atoms with Crippen molar-refractivity contribution in [3.05, 3.63) is 0 Å². The quantitative estimate of drug-likeness (QED) is 0.620. The van der Waals surface area contributed by atoms with Crippen molar-refractivity contribution in [3.63, 3.8) is 0 Å². The van der Waals surface area contributed by atoms with Crippen LogP contribution in [0.3, 0.4) is 0 Å². The third kappa shape index (κ3) is 0.775. The molecule has 0 heterocycles. The topological polar surface area (TPSA) is 40.5 Å². The van der Waals surface area contributed by atoms with Crippen LogP contribution in [0.15, 0.2) is 0 Å². The summed E-state index contributed by atoms with van der Waals surface area (Å²) in [5.74, 6) is 0.839. The predicted octanol–water partition coefficient (Wildman–Crippen LogP) is 1.16. The molecule has 2 aliphatic carbocycles. The van der Waals surface area contributed by atoms with Crippen LogP contribution in [0.25, 0.3) is 0 Å². The van der Waals surface area contributed by atoms with E-state index in [2.05, 4.69) is 13.8 Å². The zero-order valence-electron chi connectivity index (χ0n) is 8.04. The minimum Gasteiger partial charge on any atom is -0.392 e. The Labute approximate surface area is 73.6 Å². The summed E-state index contributed by atoms with van der Waals surface area (Å²) in [5.41, 5.74) is -0.548. The van der Waals surface area contributed by atoms with Gasteiger partial charge in [-0.2, -0.15) is 0 Å². The van der Waals surface area contributed by atoms with Gasteiger partial charge in [0.15, 0.2) is 0 Å². The first-order valence-electron chi connectivity index (χ1n) is 4.81. The van der Waals surface area contributed by atoms with Crippen LogP contribution in [0.4, 0.5) is 0 Å². The van der Waals surface area contributed by atoms with Gasteiger partial charge in [0.05, 0.1) is 11.7 Å². The molecule has 0 aliphatic heterocycles. The molecule has 2 nitrogen and oxygen atoms in total. The Morgan fingerprint density at radius 1 is 1.33 bits per heavy atom. The van der Waals surface area contributed by atoms with Gasteiger partial charge in [-0.1, -0.05) is 13.8 Å². The molecular formula is C10H18O2. The van der Waals surface area contributed by atoms with Gasteiger partial charge in [-0.25, -0.2) is 0 Å². The second-order valence-electron chi connectivity index (χ2n) is 5.10. The molecule has 12 heavy (non-hydrogen) atoms. The van der Waals surface area contributed by atoms with Crippen LogP contribution >= 0.6 is 0 Å². The maximum atomic E-state index is 9.93. The lowest BCUT2D eigenvalue weighted by Gasteiger charge is -2.22. The van der Waals surface area contributed by atoms with E-state index in [1.165, 1.54) is 0 Å². The molecule has 4 unspecified atom stereocenters. The number of fused-ring (bicyclic) bond motifs is 1. The van der Waals surface area contributed by atoms with Gasteiger partial charge in [-0.15, -0.1) is 0 Å².